The Morgan fingerprint density at radius 3 is 3.00 bits per heavy atom. The number of aromatic nitrogens is 2. The average molecular weight is 267 g/mol. The molecule has 3 rings (SSSR count). The van der Waals surface area contributed by atoms with E-state index in [0.717, 1.165) is 5.52 Å². The number of amides is 1. The van der Waals surface area contributed by atoms with Gasteiger partial charge in [0.05, 0.1) is 30.8 Å². The summed E-state index contributed by atoms with van der Waals surface area (Å²) in [5.41, 5.74) is 2.09. The van der Waals surface area contributed by atoms with Crippen LogP contribution >= 0.6 is 0 Å². The van der Waals surface area contributed by atoms with Gasteiger partial charge in [0, 0.05) is 11.8 Å². The van der Waals surface area contributed by atoms with Crippen LogP contribution in [-0.4, -0.2) is 22.4 Å². The predicted octanol–water partition coefficient (Wildman–Crippen LogP) is 2.60. The molecule has 0 atom stereocenters. The first-order chi connectivity index (χ1) is 9.78. The van der Waals surface area contributed by atoms with Gasteiger partial charge >= 0.3 is 0 Å². The molecule has 5 nitrogen and oxygen atoms in total. The average Bonchev–Trinajstić information content (AvgIpc) is 2.95. The molecule has 0 saturated heterocycles. The fourth-order valence-corrected chi connectivity index (χ4v) is 2.00. The number of carbonyl (C=O) groups excluding carboxylic acids is 1. The van der Waals surface area contributed by atoms with Crippen molar-refractivity contribution in [2.24, 2.45) is 0 Å². The minimum absolute atomic E-state index is 0.182. The summed E-state index contributed by atoms with van der Waals surface area (Å²) in [6.07, 6.45) is 5.20. The molecule has 20 heavy (non-hydrogen) atoms. The Balaban J connectivity index is 1.88. The Hall–Kier alpha value is -2.82. The molecular weight excluding hydrogens is 254 g/mol. The summed E-state index contributed by atoms with van der Waals surface area (Å²) in [6, 6.07) is 10.8. The topological polar surface area (TPSA) is 55.6 Å². The first-order valence-electron chi connectivity index (χ1n) is 6.14. The van der Waals surface area contributed by atoms with Crippen LogP contribution in [0.2, 0.25) is 0 Å². The third-order valence-corrected chi connectivity index (χ3v) is 3.03. The molecule has 0 saturated carbocycles. The Labute approximate surface area is 115 Å². The highest BCUT2D eigenvalue weighted by Crippen LogP contribution is 2.23. The molecule has 1 aromatic carbocycles. The second kappa shape index (κ2) is 5.05. The van der Waals surface area contributed by atoms with Crippen LogP contribution in [0.1, 0.15) is 10.4 Å². The van der Waals surface area contributed by atoms with E-state index < -0.39 is 0 Å². The van der Waals surface area contributed by atoms with E-state index >= 15 is 0 Å². The largest absolute Gasteiger partial charge is 0.495 e. The standard InChI is InChI=1S/C15H13N3O2/c1-20-14-5-3-2-4-13(14)17-15(19)11-6-7-18-10-16-9-12(18)8-11/h2-10H,1H3,(H,17,19). The van der Waals surface area contributed by atoms with Crippen molar-refractivity contribution in [3.8, 4) is 5.75 Å². The monoisotopic (exact) mass is 267 g/mol. The highest BCUT2D eigenvalue weighted by Gasteiger charge is 2.09. The highest BCUT2D eigenvalue weighted by atomic mass is 16.5. The smallest absolute Gasteiger partial charge is 0.255 e. The van der Waals surface area contributed by atoms with Gasteiger partial charge in [-0.05, 0) is 24.3 Å². The van der Waals surface area contributed by atoms with Crippen LogP contribution in [0.4, 0.5) is 5.69 Å². The lowest BCUT2D eigenvalue weighted by molar-refractivity contribution is 0.102. The maximum atomic E-state index is 12.3. The Morgan fingerprint density at radius 1 is 1.30 bits per heavy atom. The molecule has 1 N–H and O–H groups in total. The fraction of sp³-hybridized carbons (Fsp3) is 0.0667. The molecule has 3 aromatic rings. The molecule has 0 unspecified atom stereocenters. The Morgan fingerprint density at radius 2 is 2.15 bits per heavy atom. The molecule has 0 aliphatic carbocycles. The van der Waals surface area contributed by atoms with E-state index in [1.807, 2.05) is 16.5 Å². The second-order valence-corrected chi connectivity index (χ2v) is 4.30. The number of fused-ring (bicyclic) bond motifs is 1. The van der Waals surface area contributed by atoms with Crippen LogP contribution in [-0.2, 0) is 0 Å². The Bertz CT molecular complexity index is 764. The van der Waals surface area contributed by atoms with Gasteiger partial charge in [-0.3, -0.25) is 4.79 Å². The fourth-order valence-electron chi connectivity index (χ4n) is 2.00. The zero-order valence-electron chi connectivity index (χ0n) is 10.9. The number of nitrogens with zero attached hydrogens (tertiary/aromatic N) is 2. The highest BCUT2D eigenvalue weighted by molar-refractivity contribution is 6.05. The maximum absolute atomic E-state index is 12.3. The van der Waals surface area contributed by atoms with Crippen molar-refractivity contribution >= 4 is 17.1 Å². The molecule has 1 amide bonds. The molecule has 2 aromatic heterocycles. The molecule has 100 valence electrons. The van der Waals surface area contributed by atoms with Gasteiger partial charge in [-0.2, -0.15) is 0 Å². The number of benzene rings is 1. The van der Waals surface area contributed by atoms with Crippen LogP contribution in [0.3, 0.4) is 0 Å². The van der Waals surface area contributed by atoms with Crippen LogP contribution in [0.15, 0.2) is 55.1 Å². The summed E-state index contributed by atoms with van der Waals surface area (Å²) in [5, 5.41) is 2.84. The number of methoxy groups -OCH3 is 1. The van der Waals surface area contributed by atoms with E-state index in [0.29, 0.717) is 17.0 Å². The van der Waals surface area contributed by atoms with Crippen LogP contribution in [0.25, 0.3) is 5.52 Å². The van der Waals surface area contributed by atoms with Gasteiger partial charge in [0.15, 0.2) is 0 Å². The van der Waals surface area contributed by atoms with Crippen molar-refractivity contribution in [2.75, 3.05) is 12.4 Å². The number of imidazole rings is 1. The van der Waals surface area contributed by atoms with Crippen LogP contribution in [0, 0.1) is 0 Å². The summed E-state index contributed by atoms with van der Waals surface area (Å²) in [4.78, 5) is 16.3. The van der Waals surface area contributed by atoms with E-state index in [1.54, 1.807) is 50.1 Å². The van der Waals surface area contributed by atoms with Crippen molar-refractivity contribution in [3.05, 3.63) is 60.7 Å². The normalized spacial score (nSPS) is 10.4. The molecule has 5 heteroatoms. The molecule has 0 fully saturated rings. The van der Waals surface area contributed by atoms with Crippen molar-refractivity contribution in [3.63, 3.8) is 0 Å². The zero-order valence-corrected chi connectivity index (χ0v) is 10.9. The SMILES string of the molecule is COc1ccccc1NC(=O)c1ccn2cncc2c1. The first kappa shape index (κ1) is 12.2. The van der Waals surface area contributed by atoms with Gasteiger partial charge in [0.2, 0.25) is 0 Å². The quantitative estimate of drug-likeness (QED) is 0.793. The number of carbonyl (C=O) groups is 1. The number of para-hydroxylation sites is 2. The van der Waals surface area contributed by atoms with Gasteiger partial charge in [-0.1, -0.05) is 12.1 Å². The lowest BCUT2D eigenvalue weighted by Crippen LogP contribution is -2.12. The number of anilines is 1. The van der Waals surface area contributed by atoms with Gasteiger partial charge in [-0.25, -0.2) is 4.98 Å². The third-order valence-electron chi connectivity index (χ3n) is 3.03. The number of nitrogens with one attached hydrogen (secondary N) is 1. The van der Waals surface area contributed by atoms with Crippen molar-refractivity contribution < 1.29 is 9.53 Å². The molecule has 0 bridgehead atoms. The number of hydrogen-bond donors (Lipinski definition) is 1. The summed E-state index contributed by atoms with van der Waals surface area (Å²) in [7, 11) is 1.57. The van der Waals surface area contributed by atoms with E-state index in [1.165, 1.54) is 0 Å². The minimum atomic E-state index is -0.182. The van der Waals surface area contributed by atoms with Gasteiger partial charge in [-0.15, -0.1) is 0 Å². The van der Waals surface area contributed by atoms with Crippen molar-refractivity contribution in [1.82, 2.24) is 9.38 Å². The number of hydrogen-bond acceptors (Lipinski definition) is 3. The zero-order chi connectivity index (χ0) is 13.9. The van der Waals surface area contributed by atoms with E-state index in [9.17, 15) is 4.79 Å². The van der Waals surface area contributed by atoms with E-state index in [-0.39, 0.29) is 5.91 Å². The Kier molecular flexibility index (Phi) is 3.09. The van der Waals surface area contributed by atoms with Gasteiger partial charge in [0.1, 0.15) is 5.75 Å². The second-order valence-electron chi connectivity index (χ2n) is 4.30. The molecule has 2 heterocycles. The molecule has 0 spiro atoms. The van der Waals surface area contributed by atoms with E-state index in [2.05, 4.69) is 10.3 Å². The summed E-state index contributed by atoms with van der Waals surface area (Å²) in [5.74, 6) is 0.449. The number of rotatable bonds is 3. The van der Waals surface area contributed by atoms with Crippen LogP contribution < -0.4 is 10.1 Å². The van der Waals surface area contributed by atoms with Gasteiger partial charge in [0.25, 0.3) is 5.91 Å². The summed E-state index contributed by atoms with van der Waals surface area (Å²) >= 11 is 0. The predicted molar refractivity (Wildman–Crippen MR) is 76.1 cm³/mol. The minimum Gasteiger partial charge on any atom is -0.495 e. The van der Waals surface area contributed by atoms with Crippen LogP contribution in [0.5, 0.6) is 5.75 Å². The lowest BCUT2D eigenvalue weighted by atomic mass is 10.2. The van der Waals surface area contributed by atoms with Gasteiger partial charge < -0.3 is 14.5 Å². The van der Waals surface area contributed by atoms with Crippen molar-refractivity contribution in [1.29, 1.82) is 0 Å². The molecular formula is C15H13N3O2. The molecule has 0 aliphatic rings. The van der Waals surface area contributed by atoms with E-state index in [4.69, 9.17) is 4.74 Å². The first-order valence-corrected chi connectivity index (χ1v) is 6.14. The maximum Gasteiger partial charge on any atom is 0.255 e. The third kappa shape index (κ3) is 2.21. The summed E-state index contributed by atoms with van der Waals surface area (Å²) in [6.45, 7) is 0. The van der Waals surface area contributed by atoms with Crippen molar-refractivity contribution in [2.45, 2.75) is 0 Å². The molecule has 0 aliphatic heterocycles. The lowest BCUT2D eigenvalue weighted by Gasteiger charge is -2.09. The molecule has 0 radical (unpaired) electrons. The number of pyridine rings is 1. The summed E-state index contributed by atoms with van der Waals surface area (Å²) < 4.78 is 7.06. The number of ether oxygens (including phenoxy) is 1.